The van der Waals surface area contributed by atoms with Crippen LogP contribution in [0.3, 0.4) is 0 Å². The molecule has 0 spiro atoms. The van der Waals surface area contributed by atoms with Gasteiger partial charge in [0.15, 0.2) is 0 Å². The summed E-state index contributed by atoms with van der Waals surface area (Å²) in [6.07, 6.45) is 3.76. The van der Waals surface area contributed by atoms with Crippen LogP contribution in [0.15, 0.2) is 48.5 Å². The molecule has 1 saturated heterocycles. The lowest BCUT2D eigenvalue weighted by molar-refractivity contribution is -0.118. The van der Waals surface area contributed by atoms with Crippen molar-refractivity contribution in [3.63, 3.8) is 0 Å². The summed E-state index contributed by atoms with van der Waals surface area (Å²) in [7, 11) is 1.56. The smallest absolute Gasteiger partial charge is 0.257 e. The van der Waals surface area contributed by atoms with Gasteiger partial charge in [-0.2, -0.15) is 0 Å². The summed E-state index contributed by atoms with van der Waals surface area (Å²) in [4.78, 5) is 27.6. The predicted octanol–water partition coefficient (Wildman–Crippen LogP) is 3.60. The van der Waals surface area contributed by atoms with Gasteiger partial charge in [0.05, 0.1) is 18.1 Å². The van der Waals surface area contributed by atoms with Crippen molar-refractivity contribution in [3.05, 3.63) is 59.7 Å². The molecule has 2 aliphatic rings. The van der Waals surface area contributed by atoms with E-state index in [-0.39, 0.29) is 11.8 Å². The highest BCUT2D eigenvalue weighted by Gasteiger charge is 2.51. The predicted molar refractivity (Wildman–Crippen MR) is 104 cm³/mol. The van der Waals surface area contributed by atoms with Crippen molar-refractivity contribution >= 4 is 17.5 Å². The molecule has 0 atom stereocenters. The Morgan fingerprint density at radius 3 is 2.37 bits per heavy atom. The second-order valence-electron chi connectivity index (χ2n) is 7.32. The number of amides is 2. The van der Waals surface area contributed by atoms with Crippen molar-refractivity contribution < 1.29 is 14.3 Å². The van der Waals surface area contributed by atoms with E-state index in [0.717, 1.165) is 44.3 Å². The van der Waals surface area contributed by atoms with Gasteiger partial charge in [-0.05, 0) is 49.4 Å². The number of ether oxygens (including phenoxy) is 1. The highest BCUT2D eigenvalue weighted by molar-refractivity contribution is 6.03. The lowest BCUT2D eigenvalue weighted by Gasteiger charge is -2.19. The van der Waals surface area contributed by atoms with E-state index in [1.54, 1.807) is 25.3 Å². The number of carbonyl (C=O) groups is 2. The Morgan fingerprint density at radius 1 is 1.04 bits per heavy atom. The molecule has 5 heteroatoms. The highest BCUT2D eigenvalue weighted by Crippen LogP contribution is 2.49. The van der Waals surface area contributed by atoms with Crippen molar-refractivity contribution in [1.29, 1.82) is 0 Å². The van der Waals surface area contributed by atoms with E-state index in [1.165, 1.54) is 0 Å². The Balaban J connectivity index is 1.57. The minimum Gasteiger partial charge on any atom is -0.496 e. The average molecular weight is 364 g/mol. The van der Waals surface area contributed by atoms with Crippen LogP contribution in [0, 0.1) is 0 Å². The summed E-state index contributed by atoms with van der Waals surface area (Å²) in [5.41, 5.74) is 1.73. The van der Waals surface area contributed by atoms with E-state index in [2.05, 4.69) is 5.32 Å². The lowest BCUT2D eigenvalue weighted by Crippen LogP contribution is -2.29. The standard InChI is InChI=1S/C22H24N2O3/c1-27-19-10-9-17(15-18(19)20(25)24-13-5-6-14-24)23-21(26)22(11-12-22)16-7-3-2-4-8-16/h2-4,7-10,15H,5-6,11-14H2,1H3,(H,23,26). The Kier molecular flexibility index (Phi) is 4.60. The molecule has 27 heavy (non-hydrogen) atoms. The fourth-order valence-corrected chi connectivity index (χ4v) is 3.82. The van der Waals surface area contributed by atoms with Crippen molar-refractivity contribution in [2.45, 2.75) is 31.1 Å². The van der Waals surface area contributed by atoms with Crippen molar-refractivity contribution in [2.24, 2.45) is 0 Å². The summed E-state index contributed by atoms with van der Waals surface area (Å²) in [5, 5.41) is 3.02. The first-order valence-electron chi connectivity index (χ1n) is 9.48. The van der Waals surface area contributed by atoms with Gasteiger partial charge in [-0.25, -0.2) is 0 Å². The monoisotopic (exact) mass is 364 g/mol. The SMILES string of the molecule is COc1ccc(NC(=O)C2(c3ccccc3)CC2)cc1C(=O)N1CCCC1. The summed E-state index contributed by atoms with van der Waals surface area (Å²) in [5.74, 6) is 0.483. The molecule has 0 bridgehead atoms. The number of nitrogens with one attached hydrogen (secondary N) is 1. The van der Waals surface area contributed by atoms with Crippen LogP contribution in [0.2, 0.25) is 0 Å². The number of anilines is 1. The number of nitrogens with zero attached hydrogens (tertiary/aromatic N) is 1. The molecule has 140 valence electrons. The fraction of sp³-hybridized carbons (Fsp3) is 0.364. The number of rotatable bonds is 5. The zero-order valence-corrected chi connectivity index (χ0v) is 15.5. The minimum absolute atomic E-state index is 0.0153. The molecule has 1 heterocycles. The van der Waals surface area contributed by atoms with E-state index in [9.17, 15) is 9.59 Å². The first kappa shape index (κ1) is 17.6. The van der Waals surface area contributed by atoms with Gasteiger partial charge in [0.1, 0.15) is 5.75 Å². The van der Waals surface area contributed by atoms with Gasteiger partial charge in [0.2, 0.25) is 5.91 Å². The highest BCUT2D eigenvalue weighted by atomic mass is 16.5. The molecular formula is C22H24N2O3. The van der Waals surface area contributed by atoms with Crippen LogP contribution in [-0.2, 0) is 10.2 Å². The number of hydrogen-bond acceptors (Lipinski definition) is 3. The molecule has 1 aliphatic carbocycles. The third-order valence-corrected chi connectivity index (χ3v) is 5.59. The molecule has 0 unspecified atom stereocenters. The van der Waals surface area contributed by atoms with Crippen LogP contribution in [-0.4, -0.2) is 36.9 Å². The molecule has 5 nitrogen and oxygen atoms in total. The molecule has 4 rings (SSSR count). The van der Waals surface area contributed by atoms with Crippen LogP contribution >= 0.6 is 0 Å². The summed E-state index contributed by atoms with van der Waals surface area (Å²) in [6.45, 7) is 1.55. The Bertz CT molecular complexity index is 853. The van der Waals surface area contributed by atoms with E-state index < -0.39 is 5.41 Å². The van der Waals surface area contributed by atoms with Gasteiger partial charge in [-0.3, -0.25) is 9.59 Å². The van der Waals surface area contributed by atoms with E-state index >= 15 is 0 Å². The maximum Gasteiger partial charge on any atom is 0.257 e. The summed E-state index contributed by atoms with van der Waals surface area (Å²) < 4.78 is 5.37. The zero-order chi connectivity index (χ0) is 18.9. The quantitative estimate of drug-likeness (QED) is 0.882. The maximum atomic E-state index is 13.0. The van der Waals surface area contributed by atoms with E-state index in [1.807, 2.05) is 35.2 Å². The molecule has 1 aliphatic heterocycles. The normalized spacial score (nSPS) is 17.4. The van der Waals surface area contributed by atoms with E-state index in [4.69, 9.17) is 4.74 Å². The number of likely N-dealkylation sites (tertiary alicyclic amines) is 1. The van der Waals surface area contributed by atoms with Gasteiger partial charge in [-0.15, -0.1) is 0 Å². The molecule has 0 radical (unpaired) electrons. The number of methoxy groups -OCH3 is 1. The van der Waals surface area contributed by atoms with Crippen LogP contribution < -0.4 is 10.1 Å². The second kappa shape index (κ2) is 7.06. The van der Waals surface area contributed by atoms with Gasteiger partial charge in [-0.1, -0.05) is 30.3 Å². The van der Waals surface area contributed by atoms with Crippen molar-refractivity contribution in [2.75, 3.05) is 25.5 Å². The van der Waals surface area contributed by atoms with Crippen molar-refractivity contribution in [1.82, 2.24) is 4.90 Å². The average Bonchev–Trinajstić information content (AvgIpc) is 3.35. The van der Waals surface area contributed by atoms with E-state index in [0.29, 0.717) is 17.0 Å². The number of benzene rings is 2. The third kappa shape index (κ3) is 3.29. The summed E-state index contributed by atoms with van der Waals surface area (Å²) >= 11 is 0. The first-order valence-corrected chi connectivity index (χ1v) is 9.48. The molecule has 2 aromatic carbocycles. The van der Waals surface area contributed by atoms with Crippen molar-refractivity contribution in [3.8, 4) is 5.75 Å². The number of carbonyl (C=O) groups excluding carboxylic acids is 2. The third-order valence-electron chi connectivity index (χ3n) is 5.59. The van der Waals surface area contributed by atoms with Crippen LogP contribution in [0.1, 0.15) is 41.6 Å². The van der Waals surface area contributed by atoms with Crippen LogP contribution in [0.25, 0.3) is 0 Å². The molecular weight excluding hydrogens is 340 g/mol. The topological polar surface area (TPSA) is 58.6 Å². The fourth-order valence-electron chi connectivity index (χ4n) is 3.82. The van der Waals surface area contributed by atoms with Gasteiger partial charge >= 0.3 is 0 Å². The molecule has 2 aromatic rings. The molecule has 2 amide bonds. The maximum absolute atomic E-state index is 13.0. The summed E-state index contributed by atoms with van der Waals surface area (Å²) in [6, 6.07) is 15.2. The van der Waals surface area contributed by atoms with Gasteiger partial charge in [0, 0.05) is 18.8 Å². The minimum atomic E-state index is -0.444. The molecule has 0 aromatic heterocycles. The van der Waals surface area contributed by atoms with Crippen LogP contribution in [0.4, 0.5) is 5.69 Å². The van der Waals surface area contributed by atoms with Crippen LogP contribution in [0.5, 0.6) is 5.75 Å². The molecule has 1 N–H and O–H groups in total. The first-order chi connectivity index (χ1) is 13.1. The second-order valence-corrected chi connectivity index (χ2v) is 7.32. The Hall–Kier alpha value is -2.82. The Morgan fingerprint density at radius 2 is 1.74 bits per heavy atom. The zero-order valence-electron chi connectivity index (χ0n) is 15.5. The van der Waals surface area contributed by atoms with Gasteiger partial charge < -0.3 is 15.0 Å². The molecule has 2 fully saturated rings. The Labute approximate surface area is 159 Å². The molecule has 1 saturated carbocycles. The van der Waals surface area contributed by atoms with Gasteiger partial charge in [0.25, 0.3) is 5.91 Å². The largest absolute Gasteiger partial charge is 0.496 e. The number of hydrogen-bond donors (Lipinski definition) is 1. The lowest BCUT2D eigenvalue weighted by atomic mass is 9.95.